The summed E-state index contributed by atoms with van der Waals surface area (Å²) in [5.41, 5.74) is 4.09. The molecule has 4 heteroatoms. The van der Waals surface area contributed by atoms with Crippen LogP contribution in [0.1, 0.15) is 25.0 Å². The molecule has 3 rings (SSSR count). The molecule has 3 aromatic rings. The van der Waals surface area contributed by atoms with E-state index in [1.165, 1.54) is 0 Å². The molecular weight excluding hydrogens is 348 g/mol. The summed E-state index contributed by atoms with van der Waals surface area (Å²) in [6.45, 7) is 5.01. The molecule has 4 nitrogen and oxygen atoms in total. The number of hydrogen-bond acceptors (Lipinski definition) is 3. The molecule has 0 aliphatic rings. The highest BCUT2D eigenvalue weighted by Gasteiger charge is 2.06. The van der Waals surface area contributed by atoms with Crippen LogP contribution in [0.15, 0.2) is 78.9 Å². The van der Waals surface area contributed by atoms with E-state index in [1.807, 2.05) is 74.5 Å². The maximum absolute atomic E-state index is 11.7. The van der Waals surface area contributed by atoms with Crippen LogP contribution in [0.2, 0.25) is 0 Å². The van der Waals surface area contributed by atoms with Crippen LogP contribution in [0.3, 0.4) is 0 Å². The fraction of sp³-hybridized carbons (Fsp3) is 0.208. The van der Waals surface area contributed by atoms with Crippen molar-refractivity contribution in [1.82, 2.24) is 0 Å². The molecule has 28 heavy (non-hydrogen) atoms. The van der Waals surface area contributed by atoms with Crippen molar-refractivity contribution in [3.05, 3.63) is 90.0 Å². The molecule has 0 fully saturated rings. The molecular formula is C24H26N2O2. The second-order valence-electron chi connectivity index (χ2n) is 7.00. The predicted octanol–water partition coefficient (Wildman–Crippen LogP) is 5.47. The van der Waals surface area contributed by atoms with Gasteiger partial charge in [0, 0.05) is 23.8 Å². The number of amides is 1. The van der Waals surface area contributed by atoms with Gasteiger partial charge in [0.25, 0.3) is 0 Å². The van der Waals surface area contributed by atoms with Crippen molar-refractivity contribution in [1.29, 1.82) is 0 Å². The van der Waals surface area contributed by atoms with Crippen molar-refractivity contribution in [2.75, 3.05) is 10.6 Å². The van der Waals surface area contributed by atoms with Gasteiger partial charge in [-0.2, -0.15) is 0 Å². The predicted molar refractivity (Wildman–Crippen MR) is 114 cm³/mol. The normalized spacial score (nSPS) is 10.5. The molecule has 0 radical (unpaired) electrons. The minimum absolute atomic E-state index is 0.0213. The van der Waals surface area contributed by atoms with Crippen molar-refractivity contribution in [2.24, 2.45) is 5.92 Å². The Bertz CT molecular complexity index is 890. The third-order valence-electron chi connectivity index (χ3n) is 4.32. The molecule has 0 aromatic heterocycles. The number of hydrogen-bond donors (Lipinski definition) is 2. The zero-order chi connectivity index (χ0) is 19.8. The Labute approximate surface area is 166 Å². The van der Waals surface area contributed by atoms with E-state index in [0.717, 1.165) is 28.3 Å². The standard InChI is InChI=1S/C24H26N2O2/c1-18(2)24(27)26-22-13-11-21(12-14-22)25-16-20-9-6-10-23(15-20)28-17-19-7-4-3-5-8-19/h3-15,18,25H,16-17H2,1-2H3,(H,26,27). The van der Waals surface area contributed by atoms with Crippen molar-refractivity contribution in [3.63, 3.8) is 0 Å². The van der Waals surface area contributed by atoms with Crippen molar-refractivity contribution < 1.29 is 9.53 Å². The third kappa shape index (κ3) is 5.88. The second kappa shape index (κ2) is 9.60. The van der Waals surface area contributed by atoms with E-state index >= 15 is 0 Å². The van der Waals surface area contributed by atoms with Gasteiger partial charge >= 0.3 is 0 Å². The molecule has 3 aromatic carbocycles. The van der Waals surface area contributed by atoms with Crippen LogP contribution < -0.4 is 15.4 Å². The summed E-state index contributed by atoms with van der Waals surface area (Å²) in [5.74, 6) is 0.845. The van der Waals surface area contributed by atoms with Gasteiger partial charge in [0.05, 0.1) is 0 Å². The van der Waals surface area contributed by atoms with Gasteiger partial charge in [0.1, 0.15) is 12.4 Å². The van der Waals surface area contributed by atoms with E-state index in [-0.39, 0.29) is 11.8 Å². The van der Waals surface area contributed by atoms with Crippen molar-refractivity contribution >= 4 is 17.3 Å². The zero-order valence-corrected chi connectivity index (χ0v) is 16.3. The highest BCUT2D eigenvalue weighted by atomic mass is 16.5. The van der Waals surface area contributed by atoms with Gasteiger partial charge in [-0.25, -0.2) is 0 Å². The molecule has 144 valence electrons. The van der Waals surface area contributed by atoms with Crippen molar-refractivity contribution in [2.45, 2.75) is 27.0 Å². The number of carbonyl (C=O) groups is 1. The molecule has 0 spiro atoms. The lowest BCUT2D eigenvalue weighted by Crippen LogP contribution is -2.17. The van der Waals surface area contributed by atoms with E-state index in [0.29, 0.717) is 13.2 Å². The lowest BCUT2D eigenvalue weighted by atomic mass is 10.2. The van der Waals surface area contributed by atoms with E-state index in [2.05, 4.69) is 28.8 Å². The lowest BCUT2D eigenvalue weighted by molar-refractivity contribution is -0.118. The van der Waals surface area contributed by atoms with E-state index in [9.17, 15) is 4.79 Å². The van der Waals surface area contributed by atoms with Crippen LogP contribution >= 0.6 is 0 Å². The van der Waals surface area contributed by atoms with E-state index < -0.39 is 0 Å². The number of anilines is 2. The summed E-state index contributed by atoms with van der Waals surface area (Å²) in [6.07, 6.45) is 0. The Hall–Kier alpha value is -3.27. The molecule has 0 atom stereocenters. The topological polar surface area (TPSA) is 50.4 Å². The first kappa shape index (κ1) is 19.5. The Balaban J connectivity index is 1.52. The smallest absolute Gasteiger partial charge is 0.226 e. The quantitative estimate of drug-likeness (QED) is 0.549. The molecule has 0 unspecified atom stereocenters. The highest BCUT2D eigenvalue weighted by Crippen LogP contribution is 2.18. The van der Waals surface area contributed by atoms with Crippen molar-refractivity contribution in [3.8, 4) is 5.75 Å². The van der Waals surface area contributed by atoms with Gasteiger partial charge in [-0.05, 0) is 47.5 Å². The van der Waals surface area contributed by atoms with E-state index in [4.69, 9.17) is 4.74 Å². The number of benzene rings is 3. The first-order valence-corrected chi connectivity index (χ1v) is 9.50. The number of nitrogens with one attached hydrogen (secondary N) is 2. The summed E-state index contributed by atoms with van der Waals surface area (Å²) in [5, 5.41) is 6.29. The van der Waals surface area contributed by atoms with Gasteiger partial charge in [0.15, 0.2) is 0 Å². The van der Waals surface area contributed by atoms with Crippen LogP contribution in [-0.2, 0) is 17.9 Å². The Kier molecular flexibility index (Phi) is 6.68. The monoisotopic (exact) mass is 374 g/mol. The Morgan fingerprint density at radius 1 is 0.857 bits per heavy atom. The molecule has 0 aliphatic carbocycles. The fourth-order valence-electron chi connectivity index (χ4n) is 2.65. The summed E-state index contributed by atoms with van der Waals surface area (Å²) in [6, 6.07) is 26.0. The zero-order valence-electron chi connectivity index (χ0n) is 16.3. The highest BCUT2D eigenvalue weighted by molar-refractivity contribution is 5.92. The third-order valence-corrected chi connectivity index (χ3v) is 4.32. The number of carbonyl (C=O) groups excluding carboxylic acids is 1. The number of rotatable bonds is 8. The van der Waals surface area contributed by atoms with Crippen LogP contribution in [0.25, 0.3) is 0 Å². The minimum Gasteiger partial charge on any atom is -0.489 e. The Morgan fingerprint density at radius 2 is 1.54 bits per heavy atom. The molecule has 2 N–H and O–H groups in total. The molecule has 0 saturated carbocycles. The average Bonchev–Trinajstić information content (AvgIpc) is 2.73. The second-order valence-corrected chi connectivity index (χ2v) is 7.00. The fourth-order valence-corrected chi connectivity index (χ4v) is 2.65. The molecule has 0 bridgehead atoms. The summed E-state index contributed by atoms with van der Waals surface area (Å²) < 4.78 is 5.89. The van der Waals surface area contributed by atoms with Gasteiger partial charge in [-0.3, -0.25) is 4.79 Å². The summed E-state index contributed by atoms with van der Waals surface area (Å²) in [7, 11) is 0. The SMILES string of the molecule is CC(C)C(=O)Nc1ccc(NCc2cccc(OCc3ccccc3)c2)cc1. The Morgan fingerprint density at radius 3 is 2.25 bits per heavy atom. The van der Waals surface area contributed by atoms with Gasteiger partial charge < -0.3 is 15.4 Å². The minimum atomic E-state index is -0.0332. The first-order chi connectivity index (χ1) is 13.6. The summed E-state index contributed by atoms with van der Waals surface area (Å²) in [4.78, 5) is 11.7. The maximum atomic E-state index is 11.7. The van der Waals surface area contributed by atoms with Gasteiger partial charge in [0.2, 0.25) is 5.91 Å². The van der Waals surface area contributed by atoms with Gasteiger partial charge in [-0.15, -0.1) is 0 Å². The molecule has 0 heterocycles. The van der Waals surface area contributed by atoms with Crippen LogP contribution in [-0.4, -0.2) is 5.91 Å². The first-order valence-electron chi connectivity index (χ1n) is 9.50. The van der Waals surface area contributed by atoms with E-state index in [1.54, 1.807) is 0 Å². The molecule has 0 aliphatic heterocycles. The number of ether oxygens (including phenoxy) is 1. The largest absolute Gasteiger partial charge is 0.489 e. The van der Waals surface area contributed by atoms with Crippen LogP contribution in [0, 0.1) is 5.92 Å². The van der Waals surface area contributed by atoms with Gasteiger partial charge in [-0.1, -0.05) is 56.3 Å². The summed E-state index contributed by atoms with van der Waals surface area (Å²) >= 11 is 0. The van der Waals surface area contributed by atoms with Crippen LogP contribution in [0.5, 0.6) is 5.75 Å². The van der Waals surface area contributed by atoms with Crippen LogP contribution in [0.4, 0.5) is 11.4 Å². The molecule has 1 amide bonds. The maximum Gasteiger partial charge on any atom is 0.226 e. The lowest BCUT2D eigenvalue weighted by Gasteiger charge is -2.11. The average molecular weight is 374 g/mol. The molecule has 0 saturated heterocycles.